The molecule has 3 amide bonds. The molecule has 0 spiro atoms. The second kappa shape index (κ2) is 8.41. The molecule has 0 aliphatic heterocycles. The third kappa shape index (κ3) is 5.12. The second-order valence-electron chi connectivity index (χ2n) is 5.76. The van der Waals surface area contributed by atoms with Gasteiger partial charge in [0, 0.05) is 13.1 Å². The van der Waals surface area contributed by atoms with Crippen molar-refractivity contribution >= 4 is 35.3 Å². The molecule has 10 heteroatoms. The Morgan fingerprint density at radius 2 is 2.12 bits per heavy atom. The minimum Gasteiger partial charge on any atom is -0.484 e. The fourth-order valence-corrected chi connectivity index (χ4v) is 2.96. The van der Waals surface area contributed by atoms with Crippen LogP contribution in [0.1, 0.15) is 18.7 Å². The Balaban J connectivity index is 1.48. The number of amides is 3. The number of imide groups is 1. The predicted octanol–water partition coefficient (Wildman–Crippen LogP) is 2.13. The lowest BCUT2D eigenvalue weighted by Gasteiger charge is -2.08. The monoisotopic (exact) mass is 395 g/mol. The van der Waals surface area contributed by atoms with Gasteiger partial charge in [-0.2, -0.15) is 0 Å². The van der Waals surface area contributed by atoms with Gasteiger partial charge >= 0.3 is 6.03 Å². The number of hydrogen-bond acceptors (Lipinski definition) is 6. The van der Waals surface area contributed by atoms with Gasteiger partial charge in [0.25, 0.3) is 0 Å². The Morgan fingerprint density at radius 3 is 2.85 bits per heavy atom. The molecular weight excluding hydrogens is 378 g/mol. The van der Waals surface area contributed by atoms with E-state index in [0.29, 0.717) is 21.8 Å². The summed E-state index contributed by atoms with van der Waals surface area (Å²) >= 11 is 7.24. The van der Waals surface area contributed by atoms with Crippen LogP contribution in [-0.4, -0.2) is 38.5 Å². The SMILES string of the molecule is Cn1c(COc2ccccc2Cl)nnc1SCC(=O)NC(=O)NC1CC1. The van der Waals surface area contributed by atoms with E-state index in [2.05, 4.69) is 20.8 Å². The number of thioether (sulfide) groups is 1. The Kier molecular flexibility index (Phi) is 6.00. The molecule has 3 rings (SSSR count). The maximum Gasteiger partial charge on any atom is 0.321 e. The topological polar surface area (TPSA) is 98.1 Å². The summed E-state index contributed by atoms with van der Waals surface area (Å²) in [6.07, 6.45) is 1.93. The van der Waals surface area contributed by atoms with Crippen LogP contribution in [-0.2, 0) is 18.4 Å². The Labute approximate surface area is 159 Å². The number of aromatic nitrogens is 3. The zero-order valence-corrected chi connectivity index (χ0v) is 15.6. The maximum atomic E-state index is 11.8. The number of carbonyl (C=O) groups is 2. The third-order valence-electron chi connectivity index (χ3n) is 3.62. The molecule has 0 bridgehead atoms. The number of nitrogens with one attached hydrogen (secondary N) is 2. The molecule has 0 unspecified atom stereocenters. The summed E-state index contributed by atoms with van der Waals surface area (Å²) in [4.78, 5) is 23.3. The van der Waals surface area contributed by atoms with Crippen molar-refractivity contribution < 1.29 is 14.3 Å². The van der Waals surface area contributed by atoms with Gasteiger partial charge in [0.2, 0.25) is 5.91 Å². The van der Waals surface area contributed by atoms with E-state index in [1.165, 1.54) is 11.8 Å². The third-order valence-corrected chi connectivity index (χ3v) is 4.95. The van der Waals surface area contributed by atoms with E-state index in [1.54, 1.807) is 23.7 Å². The summed E-state index contributed by atoms with van der Waals surface area (Å²) in [6.45, 7) is 0.198. The van der Waals surface area contributed by atoms with Gasteiger partial charge in [-0.3, -0.25) is 10.1 Å². The van der Waals surface area contributed by atoms with Crippen LogP contribution in [0.5, 0.6) is 5.75 Å². The molecular formula is C16H18ClN5O3S. The van der Waals surface area contributed by atoms with Gasteiger partial charge in [0.05, 0.1) is 10.8 Å². The number of ether oxygens (including phenoxy) is 1. The lowest BCUT2D eigenvalue weighted by molar-refractivity contribution is -0.117. The molecule has 1 aliphatic rings. The van der Waals surface area contributed by atoms with Crippen molar-refractivity contribution in [1.29, 1.82) is 0 Å². The van der Waals surface area contributed by atoms with Crippen molar-refractivity contribution in [2.24, 2.45) is 7.05 Å². The van der Waals surface area contributed by atoms with Crippen molar-refractivity contribution in [3.8, 4) is 5.75 Å². The largest absolute Gasteiger partial charge is 0.484 e. The molecule has 1 saturated carbocycles. The average Bonchev–Trinajstić information content (AvgIpc) is 3.34. The van der Waals surface area contributed by atoms with Crippen molar-refractivity contribution in [3.63, 3.8) is 0 Å². The summed E-state index contributed by atoms with van der Waals surface area (Å²) in [5.74, 6) is 0.840. The molecule has 8 nitrogen and oxygen atoms in total. The van der Waals surface area contributed by atoms with E-state index in [-0.39, 0.29) is 24.3 Å². The highest BCUT2D eigenvalue weighted by Gasteiger charge is 2.24. The highest BCUT2D eigenvalue weighted by Crippen LogP contribution is 2.24. The molecule has 2 aromatic rings. The Morgan fingerprint density at radius 1 is 1.35 bits per heavy atom. The fourth-order valence-electron chi connectivity index (χ4n) is 2.04. The Bertz CT molecular complexity index is 809. The molecule has 2 N–H and O–H groups in total. The second-order valence-corrected chi connectivity index (χ2v) is 7.11. The van der Waals surface area contributed by atoms with Crippen molar-refractivity contribution in [2.75, 3.05) is 5.75 Å². The van der Waals surface area contributed by atoms with Crippen molar-refractivity contribution in [1.82, 2.24) is 25.4 Å². The van der Waals surface area contributed by atoms with Gasteiger partial charge in [0.1, 0.15) is 12.4 Å². The number of rotatable bonds is 7. The van der Waals surface area contributed by atoms with Crippen molar-refractivity contribution in [3.05, 3.63) is 35.1 Å². The number of hydrogen-bond donors (Lipinski definition) is 2. The average molecular weight is 396 g/mol. The number of carbonyl (C=O) groups excluding carboxylic acids is 2. The summed E-state index contributed by atoms with van der Waals surface area (Å²) < 4.78 is 7.38. The molecule has 1 aromatic heterocycles. The fraction of sp³-hybridized carbons (Fsp3) is 0.375. The van der Waals surface area contributed by atoms with Crippen LogP contribution in [0.2, 0.25) is 5.02 Å². The van der Waals surface area contributed by atoms with E-state index >= 15 is 0 Å². The van der Waals surface area contributed by atoms with Crippen molar-refractivity contribution in [2.45, 2.75) is 30.6 Å². The number of para-hydroxylation sites is 1. The minimum atomic E-state index is -0.454. The highest BCUT2D eigenvalue weighted by atomic mass is 35.5. The van der Waals surface area contributed by atoms with Gasteiger partial charge in [-0.15, -0.1) is 10.2 Å². The molecule has 0 saturated heterocycles. The van der Waals surface area contributed by atoms with Gasteiger partial charge in [-0.05, 0) is 25.0 Å². The van der Waals surface area contributed by atoms with Gasteiger partial charge in [-0.25, -0.2) is 4.79 Å². The first-order valence-electron chi connectivity index (χ1n) is 8.01. The zero-order valence-electron chi connectivity index (χ0n) is 14.1. The van der Waals surface area contributed by atoms with E-state index in [9.17, 15) is 9.59 Å². The van der Waals surface area contributed by atoms with E-state index in [0.717, 1.165) is 12.8 Å². The number of nitrogens with zero attached hydrogens (tertiary/aromatic N) is 3. The van der Waals surface area contributed by atoms with Gasteiger partial charge < -0.3 is 14.6 Å². The van der Waals surface area contributed by atoms with Crippen LogP contribution in [0, 0.1) is 0 Å². The van der Waals surface area contributed by atoms with Crippen LogP contribution in [0.25, 0.3) is 0 Å². The van der Waals surface area contributed by atoms with Gasteiger partial charge in [0.15, 0.2) is 11.0 Å². The molecule has 26 heavy (non-hydrogen) atoms. The normalized spacial score (nSPS) is 13.3. The van der Waals surface area contributed by atoms with E-state index in [4.69, 9.17) is 16.3 Å². The smallest absolute Gasteiger partial charge is 0.321 e. The van der Waals surface area contributed by atoms with Crippen LogP contribution in [0.15, 0.2) is 29.4 Å². The first-order valence-corrected chi connectivity index (χ1v) is 9.38. The van der Waals surface area contributed by atoms with E-state index in [1.807, 2.05) is 12.1 Å². The predicted molar refractivity (Wildman–Crippen MR) is 97.2 cm³/mol. The van der Waals surface area contributed by atoms with E-state index < -0.39 is 6.03 Å². The van der Waals surface area contributed by atoms with Gasteiger partial charge in [-0.1, -0.05) is 35.5 Å². The molecule has 0 radical (unpaired) electrons. The van der Waals surface area contributed by atoms with Crippen LogP contribution in [0.3, 0.4) is 0 Å². The lowest BCUT2D eigenvalue weighted by Crippen LogP contribution is -2.41. The maximum absolute atomic E-state index is 11.8. The molecule has 1 fully saturated rings. The number of benzene rings is 1. The van der Waals surface area contributed by atoms with Crippen LogP contribution < -0.4 is 15.4 Å². The van der Waals surface area contributed by atoms with Crippen LogP contribution in [0.4, 0.5) is 4.79 Å². The standard InChI is InChI=1S/C16H18ClN5O3S/c1-22-13(8-25-12-5-3-2-4-11(12)17)20-21-16(22)26-9-14(23)19-15(24)18-10-6-7-10/h2-5,10H,6-9H2,1H3,(H2,18,19,23,24). The summed E-state index contributed by atoms with van der Waals surface area (Å²) in [6, 6.07) is 6.91. The molecule has 1 heterocycles. The first-order chi connectivity index (χ1) is 12.5. The molecule has 0 atom stereocenters. The molecule has 1 aromatic carbocycles. The number of halogens is 1. The summed E-state index contributed by atoms with van der Waals surface area (Å²) in [5, 5.41) is 14.2. The summed E-state index contributed by atoms with van der Waals surface area (Å²) in [5.41, 5.74) is 0. The highest BCUT2D eigenvalue weighted by molar-refractivity contribution is 7.99. The summed E-state index contributed by atoms with van der Waals surface area (Å²) in [7, 11) is 1.78. The Hall–Kier alpha value is -2.26. The minimum absolute atomic E-state index is 0.0649. The zero-order chi connectivity index (χ0) is 18.5. The quantitative estimate of drug-likeness (QED) is 0.697. The number of urea groups is 1. The molecule has 138 valence electrons. The van der Waals surface area contributed by atoms with Crippen LogP contribution >= 0.6 is 23.4 Å². The first kappa shape index (κ1) is 18.5. The lowest BCUT2D eigenvalue weighted by atomic mass is 10.3. The molecule has 1 aliphatic carbocycles.